The predicted molar refractivity (Wildman–Crippen MR) is 53.5 cm³/mol. The number of quaternary nitrogens is 1. The lowest BCUT2D eigenvalue weighted by Crippen LogP contribution is -2.44. The van der Waals surface area contributed by atoms with Crippen LogP contribution in [0.5, 0.6) is 0 Å². The van der Waals surface area contributed by atoms with Crippen molar-refractivity contribution in [3.05, 3.63) is 12.2 Å². The van der Waals surface area contributed by atoms with Gasteiger partial charge >= 0.3 is 5.97 Å². The highest BCUT2D eigenvalue weighted by molar-refractivity contribution is 5.85. The van der Waals surface area contributed by atoms with Crippen molar-refractivity contribution in [2.75, 3.05) is 26.7 Å². The molecule has 0 saturated heterocycles. The smallest absolute Gasteiger partial charge is 0.331 e. The van der Waals surface area contributed by atoms with Crippen LogP contribution in [-0.2, 0) is 4.79 Å². The van der Waals surface area contributed by atoms with E-state index in [1.165, 1.54) is 0 Å². The molecule has 0 aliphatic rings. The fourth-order valence-corrected chi connectivity index (χ4v) is 1.05. The van der Waals surface area contributed by atoms with E-state index in [-0.39, 0.29) is 0 Å². The highest BCUT2D eigenvalue weighted by Crippen LogP contribution is 2.07. The summed E-state index contributed by atoms with van der Waals surface area (Å²) in [4.78, 5) is 10.5. The highest BCUT2D eigenvalue weighted by atomic mass is 16.4. The largest absolute Gasteiger partial charge is 0.478 e. The molecule has 0 bridgehead atoms. The number of hydrogen-bond donors (Lipinski definition) is 1. The first-order valence-electron chi connectivity index (χ1n) is 4.69. The Kier molecular flexibility index (Phi) is 4.70. The van der Waals surface area contributed by atoms with E-state index in [2.05, 4.69) is 27.5 Å². The van der Waals surface area contributed by atoms with Crippen molar-refractivity contribution in [1.82, 2.24) is 0 Å². The minimum Gasteiger partial charge on any atom is -0.478 e. The van der Waals surface area contributed by atoms with Gasteiger partial charge in [0.1, 0.15) is 0 Å². The monoisotopic (exact) mass is 186 g/mol. The van der Waals surface area contributed by atoms with Gasteiger partial charge in [-0.05, 0) is 13.8 Å². The van der Waals surface area contributed by atoms with Crippen LogP contribution in [0, 0.1) is 0 Å². The lowest BCUT2D eigenvalue weighted by Gasteiger charge is -2.32. The van der Waals surface area contributed by atoms with Crippen molar-refractivity contribution in [3.8, 4) is 0 Å². The Hall–Kier alpha value is -0.830. The first kappa shape index (κ1) is 12.2. The molecule has 0 amide bonds. The molecule has 0 radical (unpaired) electrons. The van der Waals surface area contributed by atoms with Crippen LogP contribution >= 0.6 is 0 Å². The highest BCUT2D eigenvalue weighted by Gasteiger charge is 2.17. The van der Waals surface area contributed by atoms with E-state index in [1.54, 1.807) is 0 Å². The number of rotatable bonds is 6. The number of hydrogen-bond acceptors (Lipinski definition) is 1. The van der Waals surface area contributed by atoms with Crippen molar-refractivity contribution in [2.24, 2.45) is 0 Å². The van der Waals surface area contributed by atoms with Crippen molar-refractivity contribution in [2.45, 2.75) is 20.3 Å². The van der Waals surface area contributed by atoms with Crippen LogP contribution in [0.2, 0.25) is 0 Å². The van der Waals surface area contributed by atoms with Crippen molar-refractivity contribution >= 4 is 5.97 Å². The Balaban J connectivity index is 4.00. The van der Waals surface area contributed by atoms with Crippen molar-refractivity contribution in [3.63, 3.8) is 0 Å². The predicted octanol–water partition coefficient (Wildman–Crippen LogP) is 1.50. The van der Waals surface area contributed by atoms with Gasteiger partial charge in [0.05, 0.1) is 26.7 Å². The van der Waals surface area contributed by atoms with Crippen LogP contribution < -0.4 is 0 Å². The molecule has 0 unspecified atom stereocenters. The SMILES string of the molecule is C=C(CC[N+](C)(CC)CC)C(=O)O. The molecule has 3 heteroatoms. The third-order valence-electron chi connectivity index (χ3n) is 2.78. The van der Waals surface area contributed by atoms with E-state index < -0.39 is 5.97 Å². The number of carboxylic acids is 1. The molecular weight excluding hydrogens is 166 g/mol. The minimum absolute atomic E-state index is 0.311. The molecule has 1 N–H and O–H groups in total. The Morgan fingerprint density at radius 3 is 2.15 bits per heavy atom. The lowest BCUT2D eigenvalue weighted by atomic mass is 10.2. The quantitative estimate of drug-likeness (QED) is 0.504. The first-order chi connectivity index (χ1) is 5.95. The Morgan fingerprint density at radius 1 is 1.38 bits per heavy atom. The van der Waals surface area contributed by atoms with Crippen LogP contribution in [-0.4, -0.2) is 42.2 Å². The number of aliphatic carboxylic acids is 1. The third kappa shape index (κ3) is 4.08. The van der Waals surface area contributed by atoms with Gasteiger partial charge in [-0.3, -0.25) is 0 Å². The summed E-state index contributed by atoms with van der Waals surface area (Å²) in [7, 11) is 2.13. The van der Waals surface area contributed by atoms with E-state index in [9.17, 15) is 4.79 Å². The minimum atomic E-state index is -0.876. The fourth-order valence-electron chi connectivity index (χ4n) is 1.05. The van der Waals surface area contributed by atoms with Gasteiger partial charge in [0.15, 0.2) is 0 Å². The molecule has 0 aliphatic heterocycles. The Bertz CT molecular complexity index is 195. The average molecular weight is 186 g/mol. The van der Waals surface area contributed by atoms with Gasteiger partial charge in [-0.1, -0.05) is 6.58 Å². The third-order valence-corrected chi connectivity index (χ3v) is 2.78. The zero-order chi connectivity index (χ0) is 10.5. The molecular formula is C10H20NO2+. The van der Waals surface area contributed by atoms with Crippen molar-refractivity contribution in [1.29, 1.82) is 0 Å². The van der Waals surface area contributed by atoms with Crippen molar-refractivity contribution < 1.29 is 14.4 Å². The maximum Gasteiger partial charge on any atom is 0.331 e. The van der Waals surface area contributed by atoms with Crippen LogP contribution in [0.4, 0.5) is 0 Å². The molecule has 0 aromatic carbocycles. The van der Waals surface area contributed by atoms with Gasteiger partial charge in [0.2, 0.25) is 0 Å². The second kappa shape index (κ2) is 5.02. The molecule has 0 saturated carbocycles. The van der Waals surface area contributed by atoms with Gasteiger partial charge in [-0.2, -0.15) is 0 Å². The van der Waals surface area contributed by atoms with Crippen LogP contribution in [0.1, 0.15) is 20.3 Å². The van der Waals surface area contributed by atoms with Crippen LogP contribution in [0.15, 0.2) is 12.2 Å². The zero-order valence-corrected chi connectivity index (χ0v) is 8.84. The summed E-state index contributed by atoms with van der Waals surface area (Å²) in [6, 6.07) is 0. The molecule has 0 fully saturated rings. The molecule has 76 valence electrons. The van der Waals surface area contributed by atoms with Gasteiger partial charge in [0.25, 0.3) is 0 Å². The summed E-state index contributed by atoms with van der Waals surface area (Å²) in [5.74, 6) is -0.876. The summed E-state index contributed by atoms with van der Waals surface area (Å²) in [6.45, 7) is 10.7. The topological polar surface area (TPSA) is 37.3 Å². The molecule has 0 heterocycles. The summed E-state index contributed by atoms with van der Waals surface area (Å²) in [6.07, 6.45) is 0.577. The lowest BCUT2D eigenvalue weighted by molar-refractivity contribution is -0.905. The summed E-state index contributed by atoms with van der Waals surface area (Å²) >= 11 is 0. The number of nitrogens with zero attached hydrogens (tertiary/aromatic N) is 1. The van der Waals surface area contributed by atoms with E-state index in [0.717, 1.165) is 24.1 Å². The van der Waals surface area contributed by atoms with E-state index in [0.29, 0.717) is 12.0 Å². The Morgan fingerprint density at radius 2 is 1.85 bits per heavy atom. The average Bonchev–Trinajstić information content (AvgIpc) is 2.13. The molecule has 0 rings (SSSR count). The van der Waals surface area contributed by atoms with Crippen LogP contribution in [0.3, 0.4) is 0 Å². The van der Waals surface area contributed by atoms with E-state index in [4.69, 9.17) is 5.11 Å². The maximum absolute atomic E-state index is 10.5. The molecule has 13 heavy (non-hydrogen) atoms. The Labute approximate surface area is 80.3 Å². The first-order valence-corrected chi connectivity index (χ1v) is 4.69. The number of carboxylic acid groups (broad SMARTS) is 1. The fraction of sp³-hybridized carbons (Fsp3) is 0.700. The maximum atomic E-state index is 10.5. The van der Waals surface area contributed by atoms with Gasteiger partial charge in [-0.25, -0.2) is 4.79 Å². The number of carbonyl (C=O) groups is 1. The molecule has 0 atom stereocenters. The summed E-state index contributed by atoms with van der Waals surface area (Å²) in [5.41, 5.74) is 0.311. The molecule has 0 aliphatic carbocycles. The second-order valence-corrected chi connectivity index (χ2v) is 3.63. The molecule has 0 aromatic heterocycles. The standard InChI is InChI=1S/C10H19NO2/c1-5-11(4,6-2)8-7-9(3)10(12)13/h3,5-8H2,1-2,4H3/p+1. The molecule has 0 spiro atoms. The molecule has 3 nitrogen and oxygen atoms in total. The van der Waals surface area contributed by atoms with Gasteiger partial charge in [-0.15, -0.1) is 0 Å². The van der Waals surface area contributed by atoms with Crippen LogP contribution in [0.25, 0.3) is 0 Å². The normalized spacial score (nSPS) is 11.3. The summed E-state index contributed by atoms with van der Waals surface area (Å²) in [5, 5.41) is 8.62. The zero-order valence-electron chi connectivity index (χ0n) is 8.84. The van der Waals surface area contributed by atoms with E-state index >= 15 is 0 Å². The van der Waals surface area contributed by atoms with Gasteiger partial charge in [0, 0.05) is 12.0 Å². The summed E-state index contributed by atoms with van der Waals surface area (Å²) < 4.78 is 0.909. The second-order valence-electron chi connectivity index (χ2n) is 3.63. The van der Waals surface area contributed by atoms with Gasteiger partial charge < -0.3 is 9.59 Å². The molecule has 0 aromatic rings. The van der Waals surface area contributed by atoms with E-state index in [1.807, 2.05) is 0 Å².